The number of thiophene rings is 1. The fourth-order valence-corrected chi connectivity index (χ4v) is 4.86. The van der Waals surface area contributed by atoms with E-state index in [0.29, 0.717) is 17.0 Å². The molecule has 29 heavy (non-hydrogen) atoms. The third kappa shape index (κ3) is 3.45. The van der Waals surface area contributed by atoms with Gasteiger partial charge in [0.2, 0.25) is 0 Å². The van der Waals surface area contributed by atoms with Gasteiger partial charge >= 0.3 is 0 Å². The number of hydrogen-bond acceptors (Lipinski definition) is 7. The van der Waals surface area contributed by atoms with Crippen LogP contribution in [0.15, 0.2) is 46.7 Å². The number of nitrogens with zero attached hydrogens (tertiary/aromatic N) is 2. The van der Waals surface area contributed by atoms with Crippen LogP contribution in [0, 0.1) is 0 Å². The van der Waals surface area contributed by atoms with Gasteiger partial charge in [-0.3, -0.25) is 4.79 Å². The van der Waals surface area contributed by atoms with Gasteiger partial charge in [0.1, 0.15) is 11.6 Å². The Labute approximate surface area is 171 Å². The number of pyridine rings is 1. The minimum atomic E-state index is -0.268. The predicted octanol–water partition coefficient (Wildman–Crippen LogP) is 3.96. The molecule has 0 aliphatic heterocycles. The molecule has 1 aliphatic carbocycles. The summed E-state index contributed by atoms with van der Waals surface area (Å²) in [6.45, 7) is 0. The van der Waals surface area contributed by atoms with E-state index in [1.54, 1.807) is 17.5 Å². The Morgan fingerprint density at radius 1 is 1.21 bits per heavy atom. The highest BCUT2D eigenvalue weighted by Crippen LogP contribution is 2.32. The van der Waals surface area contributed by atoms with Gasteiger partial charge in [-0.1, -0.05) is 18.9 Å². The summed E-state index contributed by atoms with van der Waals surface area (Å²) in [7, 11) is 0. The van der Waals surface area contributed by atoms with E-state index in [-0.39, 0.29) is 17.6 Å². The summed E-state index contributed by atoms with van der Waals surface area (Å²) < 4.78 is 1.18. The second-order valence-corrected chi connectivity index (χ2v) is 8.43. The van der Waals surface area contributed by atoms with Gasteiger partial charge < -0.3 is 16.4 Å². The van der Waals surface area contributed by atoms with Crippen LogP contribution in [-0.2, 0) is 0 Å². The molecular formula is C21H22N6OS. The Kier molecular flexibility index (Phi) is 4.65. The summed E-state index contributed by atoms with van der Waals surface area (Å²) in [5, 5.41) is 17.7. The second kappa shape index (κ2) is 7.46. The highest BCUT2D eigenvalue weighted by molar-refractivity contribution is 7.17. The van der Waals surface area contributed by atoms with Crippen LogP contribution in [-0.4, -0.2) is 27.3 Å². The van der Waals surface area contributed by atoms with E-state index in [0.717, 1.165) is 35.7 Å². The number of nitrogens with one attached hydrogen (secondary N) is 3. The molecule has 8 heteroatoms. The highest BCUT2D eigenvalue weighted by atomic mass is 32.1. The molecule has 148 valence electrons. The maximum absolute atomic E-state index is 12.5. The van der Waals surface area contributed by atoms with E-state index in [1.165, 1.54) is 11.1 Å². The van der Waals surface area contributed by atoms with Crippen molar-refractivity contribution in [1.82, 2.24) is 15.2 Å². The van der Waals surface area contributed by atoms with E-state index >= 15 is 0 Å². The molecule has 0 radical (unpaired) electrons. The molecule has 1 aromatic carbocycles. The van der Waals surface area contributed by atoms with Crippen LogP contribution in [0.2, 0.25) is 0 Å². The van der Waals surface area contributed by atoms with Gasteiger partial charge in [0.05, 0.1) is 11.6 Å². The zero-order chi connectivity index (χ0) is 19.8. The Morgan fingerprint density at radius 3 is 3.00 bits per heavy atom. The van der Waals surface area contributed by atoms with Gasteiger partial charge in [0, 0.05) is 33.2 Å². The molecule has 4 aromatic rings. The molecule has 0 saturated heterocycles. The first kappa shape index (κ1) is 18.1. The van der Waals surface area contributed by atoms with E-state index in [9.17, 15) is 4.79 Å². The molecular weight excluding hydrogens is 384 g/mol. The van der Waals surface area contributed by atoms with Crippen LogP contribution in [0.3, 0.4) is 0 Å². The van der Waals surface area contributed by atoms with Crippen LogP contribution in [0.1, 0.15) is 25.7 Å². The predicted molar refractivity (Wildman–Crippen MR) is 119 cm³/mol. The molecule has 0 bridgehead atoms. The first-order valence-electron chi connectivity index (χ1n) is 9.83. The second-order valence-electron chi connectivity index (χ2n) is 7.48. The van der Waals surface area contributed by atoms with Crippen molar-refractivity contribution >= 4 is 49.5 Å². The molecule has 3 aromatic heterocycles. The van der Waals surface area contributed by atoms with Crippen LogP contribution < -0.4 is 21.9 Å². The van der Waals surface area contributed by atoms with Crippen LogP contribution in [0.25, 0.3) is 20.9 Å². The summed E-state index contributed by atoms with van der Waals surface area (Å²) in [6, 6.07) is 10.3. The topological polar surface area (TPSA) is 109 Å². The number of aromatic nitrogens is 3. The van der Waals surface area contributed by atoms with Crippen molar-refractivity contribution in [2.75, 3.05) is 10.6 Å². The Bertz CT molecular complexity index is 1230. The Balaban J connectivity index is 1.59. The molecule has 1 fully saturated rings. The molecule has 3 heterocycles. The smallest absolute Gasteiger partial charge is 0.275 e. The quantitative estimate of drug-likeness (QED) is 0.408. The normalized spacial score (nSPS) is 19.5. The minimum Gasteiger partial charge on any atom is -0.366 e. The van der Waals surface area contributed by atoms with Crippen molar-refractivity contribution in [1.29, 1.82) is 0 Å². The number of hydrogen-bond donors (Lipinski definition) is 4. The fourth-order valence-electron chi connectivity index (χ4n) is 4.05. The summed E-state index contributed by atoms with van der Waals surface area (Å²) in [5.74, 6) is 1.21. The molecule has 7 nitrogen and oxygen atoms in total. The van der Waals surface area contributed by atoms with Gasteiger partial charge in [-0.05, 0) is 42.5 Å². The number of benzene rings is 1. The number of fused-ring (bicyclic) bond motifs is 2. The summed E-state index contributed by atoms with van der Waals surface area (Å²) in [4.78, 5) is 17.3. The average Bonchev–Trinajstić information content (AvgIpc) is 3.20. The number of nitrogens with two attached hydrogens (primary N) is 1. The van der Waals surface area contributed by atoms with Crippen LogP contribution in [0.5, 0.6) is 0 Å². The minimum absolute atomic E-state index is 0.106. The monoisotopic (exact) mass is 406 g/mol. The first-order valence-corrected chi connectivity index (χ1v) is 10.7. The average molecular weight is 407 g/mol. The summed E-state index contributed by atoms with van der Waals surface area (Å²) in [5.41, 5.74) is 6.95. The maximum Gasteiger partial charge on any atom is 0.275 e. The summed E-state index contributed by atoms with van der Waals surface area (Å²) >= 11 is 1.68. The van der Waals surface area contributed by atoms with Gasteiger partial charge in [-0.15, -0.1) is 11.3 Å². The van der Waals surface area contributed by atoms with E-state index in [4.69, 9.17) is 10.7 Å². The molecule has 1 aliphatic rings. The molecule has 5 N–H and O–H groups in total. The Morgan fingerprint density at radius 2 is 2.10 bits per heavy atom. The molecule has 2 atom stereocenters. The van der Waals surface area contributed by atoms with E-state index in [1.807, 2.05) is 18.2 Å². The zero-order valence-corrected chi connectivity index (χ0v) is 16.6. The molecule has 1 saturated carbocycles. The zero-order valence-electron chi connectivity index (χ0n) is 15.8. The Hall–Kier alpha value is -2.97. The third-order valence-electron chi connectivity index (χ3n) is 5.55. The van der Waals surface area contributed by atoms with Gasteiger partial charge in [-0.2, -0.15) is 5.10 Å². The van der Waals surface area contributed by atoms with Crippen molar-refractivity contribution in [3.63, 3.8) is 0 Å². The van der Waals surface area contributed by atoms with Gasteiger partial charge in [0.15, 0.2) is 0 Å². The SMILES string of the molecule is N[C@H]1CCCC[C@H]1Nc1cc2cn[nH]c(=O)c2c(Nc2cccc3sccc23)n1. The van der Waals surface area contributed by atoms with Crippen molar-refractivity contribution in [2.24, 2.45) is 5.73 Å². The highest BCUT2D eigenvalue weighted by Gasteiger charge is 2.22. The molecule has 0 unspecified atom stereocenters. The van der Waals surface area contributed by atoms with Crippen LogP contribution >= 0.6 is 11.3 Å². The van der Waals surface area contributed by atoms with Gasteiger partial charge in [-0.25, -0.2) is 10.1 Å². The largest absolute Gasteiger partial charge is 0.366 e. The van der Waals surface area contributed by atoms with Crippen molar-refractivity contribution < 1.29 is 0 Å². The summed E-state index contributed by atoms with van der Waals surface area (Å²) in [6.07, 6.45) is 6.01. The standard InChI is InChI=1S/C21H22N6OS/c22-14-4-1-2-5-16(14)24-18-10-12-11-23-27-21(28)19(12)20(26-18)25-15-6-3-7-17-13(15)8-9-29-17/h3,6-11,14,16H,1-2,4-5,22H2,(H,27,28)(H2,24,25,26)/t14-,16+/m0/s1. The van der Waals surface area contributed by atoms with Crippen molar-refractivity contribution in [3.8, 4) is 0 Å². The van der Waals surface area contributed by atoms with Gasteiger partial charge in [0.25, 0.3) is 5.56 Å². The van der Waals surface area contributed by atoms with Crippen molar-refractivity contribution in [2.45, 2.75) is 37.8 Å². The lowest BCUT2D eigenvalue weighted by Crippen LogP contribution is -2.42. The lowest BCUT2D eigenvalue weighted by molar-refractivity contribution is 0.403. The lowest BCUT2D eigenvalue weighted by Gasteiger charge is -2.30. The molecule has 0 amide bonds. The number of rotatable bonds is 4. The van der Waals surface area contributed by atoms with Crippen LogP contribution in [0.4, 0.5) is 17.3 Å². The maximum atomic E-state index is 12.5. The van der Waals surface area contributed by atoms with E-state index in [2.05, 4.69) is 38.3 Å². The first-order chi connectivity index (χ1) is 14.2. The third-order valence-corrected chi connectivity index (χ3v) is 6.43. The van der Waals surface area contributed by atoms with Crippen molar-refractivity contribution in [3.05, 3.63) is 52.3 Å². The number of H-pyrrole nitrogens is 1. The van der Waals surface area contributed by atoms with E-state index < -0.39 is 0 Å². The molecule has 0 spiro atoms. The number of aromatic amines is 1. The number of anilines is 3. The molecule has 5 rings (SSSR count). The fraction of sp³-hybridized carbons (Fsp3) is 0.286. The lowest BCUT2D eigenvalue weighted by atomic mass is 9.91.